The summed E-state index contributed by atoms with van der Waals surface area (Å²) >= 11 is 7.18. The first-order valence-corrected chi connectivity index (χ1v) is 4.21. The predicted molar refractivity (Wildman–Crippen MR) is 42.4 cm³/mol. The second-order valence-electron chi connectivity index (χ2n) is 1.36. The molecule has 0 aliphatic rings. The Morgan fingerprint density at radius 2 is 2.38 bits per heavy atom. The Labute approximate surface area is 60.3 Å². The molecule has 0 aromatic carbocycles. The summed E-state index contributed by atoms with van der Waals surface area (Å²) in [5.41, 5.74) is 0. The van der Waals surface area contributed by atoms with Crippen LogP contribution in [0.1, 0.15) is 20.3 Å². The van der Waals surface area contributed by atoms with Crippen molar-refractivity contribution in [2.75, 3.05) is 5.21 Å². The minimum absolute atomic E-state index is 0.674. The van der Waals surface area contributed by atoms with E-state index in [-0.39, 0.29) is 0 Å². The Hall–Kier alpha value is 0.380. The van der Waals surface area contributed by atoms with Gasteiger partial charge in [-0.05, 0) is 18.2 Å². The molecule has 0 amide bonds. The molecule has 0 nitrogen and oxygen atoms in total. The van der Waals surface area contributed by atoms with Crippen molar-refractivity contribution in [1.82, 2.24) is 0 Å². The summed E-state index contributed by atoms with van der Waals surface area (Å²) in [4.78, 5) is 1.38. The van der Waals surface area contributed by atoms with Gasteiger partial charge in [-0.15, -0.1) is 23.4 Å². The van der Waals surface area contributed by atoms with Crippen LogP contribution in [0.3, 0.4) is 0 Å². The second-order valence-corrected chi connectivity index (χ2v) is 3.05. The normalized spacial score (nSPS) is 12.1. The molecule has 0 N–H and O–H groups in total. The fourth-order valence-corrected chi connectivity index (χ4v) is 1.39. The topological polar surface area (TPSA) is 0 Å². The number of allylic oxidation sites excluding steroid dienone is 2. The molecule has 2 heteroatoms. The van der Waals surface area contributed by atoms with Gasteiger partial charge in [-0.3, -0.25) is 0 Å². The van der Waals surface area contributed by atoms with Crippen LogP contribution in [0.15, 0.2) is 11.0 Å². The molecule has 0 aromatic heterocycles. The van der Waals surface area contributed by atoms with Crippen molar-refractivity contribution in [3.05, 3.63) is 11.0 Å². The summed E-state index contributed by atoms with van der Waals surface area (Å²) in [7, 11) is 0. The van der Waals surface area contributed by atoms with Gasteiger partial charge < -0.3 is 0 Å². The third-order valence-corrected chi connectivity index (χ3v) is 2.24. The first-order valence-electron chi connectivity index (χ1n) is 2.69. The van der Waals surface area contributed by atoms with Gasteiger partial charge in [-0.25, -0.2) is 0 Å². The Bertz CT molecular complexity index is 78.6. The van der Waals surface area contributed by atoms with E-state index < -0.39 is 0 Å². The summed E-state index contributed by atoms with van der Waals surface area (Å²) in [6.45, 7) is 4.17. The number of hydrogen-bond donors (Lipinski definition) is 0. The Morgan fingerprint density at radius 1 is 1.75 bits per heavy atom. The van der Waals surface area contributed by atoms with Crippen LogP contribution in [0.4, 0.5) is 0 Å². The molecule has 0 saturated heterocycles. The highest BCUT2D eigenvalue weighted by Crippen LogP contribution is 2.18. The second kappa shape index (κ2) is 5.52. The van der Waals surface area contributed by atoms with Gasteiger partial charge >= 0.3 is 0 Å². The Morgan fingerprint density at radius 3 is 2.50 bits per heavy atom. The molecule has 0 unspecified atom stereocenters. The van der Waals surface area contributed by atoms with Gasteiger partial charge in [0, 0.05) is 0 Å². The fraction of sp³-hybridized carbons (Fsp3) is 0.667. The molecule has 8 heavy (non-hydrogen) atoms. The first kappa shape index (κ1) is 8.38. The number of alkyl halides is 1. The lowest BCUT2D eigenvalue weighted by Crippen LogP contribution is -1.70. The standard InChI is InChI=1S/C6H11ClS/c1-3-6(4-2)8-5-7/h3H,4-5H2,1-2H3. The number of halogens is 1. The van der Waals surface area contributed by atoms with E-state index in [1.807, 2.05) is 6.92 Å². The van der Waals surface area contributed by atoms with E-state index in [4.69, 9.17) is 11.6 Å². The van der Waals surface area contributed by atoms with Gasteiger partial charge in [-0.1, -0.05) is 13.0 Å². The lowest BCUT2D eigenvalue weighted by molar-refractivity contribution is 1.19. The summed E-state index contributed by atoms with van der Waals surface area (Å²) in [5.74, 6) is 0. The molecule has 0 radical (unpaired) electrons. The lowest BCUT2D eigenvalue weighted by Gasteiger charge is -1.96. The van der Waals surface area contributed by atoms with Crippen LogP contribution >= 0.6 is 23.4 Å². The highest BCUT2D eigenvalue weighted by atomic mass is 35.5. The van der Waals surface area contributed by atoms with Crippen LogP contribution < -0.4 is 0 Å². The molecule has 0 aliphatic carbocycles. The van der Waals surface area contributed by atoms with E-state index in [1.54, 1.807) is 11.8 Å². The van der Waals surface area contributed by atoms with Crippen LogP contribution in [0, 0.1) is 0 Å². The molecule has 0 atom stereocenters. The first-order chi connectivity index (χ1) is 3.85. The number of hydrogen-bond acceptors (Lipinski definition) is 1. The molecule has 0 fully saturated rings. The van der Waals surface area contributed by atoms with Gasteiger partial charge in [0.25, 0.3) is 0 Å². The van der Waals surface area contributed by atoms with E-state index in [9.17, 15) is 0 Å². The summed E-state index contributed by atoms with van der Waals surface area (Å²) < 4.78 is 0. The van der Waals surface area contributed by atoms with Gasteiger partial charge in [0.2, 0.25) is 0 Å². The SMILES string of the molecule is CC=C(CC)SCCl. The van der Waals surface area contributed by atoms with Crippen LogP contribution in [0.2, 0.25) is 0 Å². The molecule has 0 saturated carbocycles. The average Bonchev–Trinajstić information content (AvgIpc) is 1.83. The van der Waals surface area contributed by atoms with Crippen molar-refractivity contribution < 1.29 is 0 Å². The van der Waals surface area contributed by atoms with Gasteiger partial charge in [0.05, 0.1) is 5.21 Å². The molecule has 0 aromatic rings. The zero-order valence-electron chi connectivity index (χ0n) is 5.28. The van der Waals surface area contributed by atoms with Crippen molar-refractivity contribution in [3.63, 3.8) is 0 Å². The van der Waals surface area contributed by atoms with E-state index in [0.717, 1.165) is 6.42 Å². The lowest BCUT2D eigenvalue weighted by atomic mass is 10.4. The van der Waals surface area contributed by atoms with Gasteiger partial charge in [-0.2, -0.15) is 0 Å². The third kappa shape index (κ3) is 3.39. The molecule has 48 valence electrons. The van der Waals surface area contributed by atoms with E-state index in [2.05, 4.69) is 13.0 Å². The monoisotopic (exact) mass is 150 g/mol. The maximum atomic E-state index is 5.48. The quantitative estimate of drug-likeness (QED) is 0.557. The maximum Gasteiger partial charge on any atom is 0.0724 e. The molecule has 0 bridgehead atoms. The molecule has 0 heterocycles. The number of rotatable bonds is 3. The number of thioether (sulfide) groups is 1. The minimum Gasteiger partial charge on any atom is -0.115 e. The smallest absolute Gasteiger partial charge is 0.0724 e. The zero-order chi connectivity index (χ0) is 6.41. The summed E-state index contributed by atoms with van der Waals surface area (Å²) in [6, 6.07) is 0. The Balaban J connectivity index is 3.38. The van der Waals surface area contributed by atoms with Crippen molar-refractivity contribution in [3.8, 4) is 0 Å². The highest BCUT2D eigenvalue weighted by molar-refractivity contribution is 8.04. The van der Waals surface area contributed by atoms with Crippen molar-refractivity contribution in [2.24, 2.45) is 0 Å². The third-order valence-electron chi connectivity index (χ3n) is 0.910. The molecule has 0 rings (SSSR count). The maximum absolute atomic E-state index is 5.48. The van der Waals surface area contributed by atoms with Crippen molar-refractivity contribution >= 4 is 23.4 Å². The molecular weight excluding hydrogens is 140 g/mol. The molecule has 0 spiro atoms. The minimum atomic E-state index is 0.674. The van der Waals surface area contributed by atoms with Gasteiger partial charge in [0.15, 0.2) is 0 Å². The average molecular weight is 151 g/mol. The van der Waals surface area contributed by atoms with Crippen LogP contribution in [-0.4, -0.2) is 5.21 Å². The Kier molecular flexibility index (Phi) is 5.78. The van der Waals surface area contributed by atoms with Crippen LogP contribution in [0.5, 0.6) is 0 Å². The largest absolute Gasteiger partial charge is 0.115 e. The summed E-state index contributed by atoms with van der Waals surface area (Å²) in [5, 5.41) is 0.674. The highest BCUT2D eigenvalue weighted by Gasteiger charge is 1.88. The predicted octanol–water partition coefficient (Wildman–Crippen LogP) is 3.23. The van der Waals surface area contributed by atoms with Crippen molar-refractivity contribution in [2.45, 2.75) is 20.3 Å². The van der Waals surface area contributed by atoms with Crippen molar-refractivity contribution in [1.29, 1.82) is 0 Å². The molecule has 0 aliphatic heterocycles. The fourth-order valence-electron chi connectivity index (χ4n) is 0.460. The summed E-state index contributed by atoms with van der Waals surface area (Å²) in [6.07, 6.45) is 3.21. The van der Waals surface area contributed by atoms with E-state index in [1.165, 1.54) is 4.91 Å². The van der Waals surface area contributed by atoms with Gasteiger partial charge in [0.1, 0.15) is 0 Å². The van der Waals surface area contributed by atoms with E-state index in [0.29, 0.717) is 5.21 Å². The van der Waals surface area contributed by atoms with E-state index >= 15 is 0 Å². The van der Waals surface area contributed by atoms with Crippen LogP contribution in [-0.2, 0) is 0 Å². The zero-order valence-corrected chi connectivity index (χ0v) is 6.85. The van der Waals surface area contributed by atoms with Crippen LogP contribution in [0.25, 0.3) is 0 Å². The molecular formula is C6H11ClS.